The number of carbonyl (C=O) groups is 1. The molecule has 0 heterocycles. The van der Waals surface area contributed by atoms with E-state index in [1.165, 1.54) is 12.8 Å². The third kappa shape index (κ3) is 1.80. The molecule has 0 saturated heterocycles. The SMILES string of the molecule is CC(C)CC(=O)OC12CC(CCC1C)C2(C)C. The lowest BCUT2D eigenvalue weighted by Gasteiger charge is -2.66. The molecule has 3 saturated carbocycles. The standard InChI is InChI=1S/C15H26O2/c1-10(2)8-13(16)17-15-9-12(14(15,4)5)7-6-11(15)3/h10-12H,6-9H2,1-5H3. The highest BCUT2D eigenvalue weighted by atomic mass is 16.6. The molecule has 3 rings (SSSR count). The normalized spacial score (nSPS) is 38.7. The molecule has 0 aromatic rings. The Labute approximate surface area is 105 Å². The number of hydrogen-bond acceptors (Lipinski definition) is 2. The van der Waals surface area contributed by atoms with Gasteiger partial charge in [-0.1, -0.05) is 34.6 Å². The molecule has 0 amide bonds. The van der Waals surface area contributed by atoms with E-state index in [9.17, 15) is 4.79 Å². The largest absolute Gasteiger partial charge is 0.458 e. The summed E-state index contributed by atoms with van der Waals surface area (Å²) in [7, 11) is 0. The molecule has 0 radical (unpaired) electrons. The van der Waals surface area contributed by atoms with Gasteiger partial charge in [-0.25, -0.2) is 0 Å². The fraction of sp³-hybridized carbons (Fsp3) is 0.933. The van der Waals surface area contributed by atoms with Gasteiger partial charge in [0.2, 0.25) is 0 Å². The maximum atomic E-state index is 12.0. The van der Waals surface area contributed by atoms with Crippen LogP contribution in [0.2, 0.25) is 0 Å². The third-order valence-corrected chi connectivity index (χ3v) is 5.28. The molecule has 2 bridgehead atoms. The van der Waals surface area contributed by atoms with Gasteiger partial charge < -0.3 is 4.74 Å². The Balaban J connectivity index is 2.10. The summed E-state index contributed by atoms with van der Waals surface area (Å²) in [6.07, 6.45) is 4.15. The summed E-state index contributed by atoms with van der Waals surface area (Å²) in [6.45, 7) is 10.9. The van der Waals surface area contributed by atoms with Crippen molar-refractivity contribution in [3.8, 4) is 0 Å². The molecule has 0 spiro atoms. The van der Waals surface area contributed by atoms with E-state index < -0.39 is 0 Å². The first-order valence-electron chi connectivity index (χ1n) is 7.01. The summed E-state index contributed by atoms with van der Waals surface area (Å²) < 4.78 is 5.94. The summed E-state index contributed by atoms with van der Waals surface area (Å²) in [5.74, 6) is 1.65. The van der Waals surface area contributed by atoms with Gasteiger partial charge >= 0.3 is 5.97 Å². The van der Waals surface area contributed by atoms with E-state index in [1.807, 2.05) is 0 Å². The van der Waals surface area contributed by atoms with Crippen LogP contribution in [-0.4, -0.2) is 11.6 Å². The minimum Gasteiger partial charge on any atom is -0.458 e. The van der Waals surface area contributed by atoms with Crippen molar-refractivity contribution in [3.63, 3.8) is 0 Å². The van der Waals surface area contributed by atoms with Gasteiger partial charge in [-0.15, -0.1) is 0 Å². The van der Waals surface area contributed by atoms with Gasteiger partial charge in [-0.3, -0.25) is 4.79 Å². The first-order chi connectivity index (χ1) is 7.79. The average Bonchev–Trinajstić information content (AvgIpc) is 2.19. The van der Waals surface area contributed by atoms with Crippen LogP contribution in [0.25, 0.3) is 0 Å². The molecule has 17 heavy (non-hydrogen) atoms. The Bertz CT molecular complexity index is 319. The fourth-order valence-corrected chi connectivity index (χ4v) is 3.93. The lowest BCUT2D eigenvalue weighted by molar-refractivity contribution is -0.267. The highest BCUT2D eigenvalue weighted by Crippen LogP contribution is 2.65. The summed E-state index contributed by atoms with van der Waals surface area (Å²) in [4.78, 5) is 12.0. The zero-order valence-corrected chi connectivity index (χ0v) is 11.9. The predicted octanol–water partition coefficient (Wildman–Crippen LogP) is 3.79. The van der Waals surface area contributed by atoms with Crippen LogP contribution in [0.1, 0.15) is 60.3 Å². The van der Waals surface area contributed by atoms with Gasteiger partial charge in [-0.05, 0) is 37.0 Å². The summed E-state index contributed by atoms with van der Waals surface area (Å²) >= 11 is 0. The second-order valence-electron chi connectivity index (χ2n) is 7.06. The second kappa shape index (κ2) is 4.00. The Morgan fingerprint density at radius 1 is 1.35 bits per heavy atom. The van der Waals surface area contributed by atoms with Crippen molar-refractivity contribution in [2.24, 2.45) is 23.2 Å². The Kier molecular flexibility index (Phi) is 3.04. The van der Waals surface area contributed by atoms with Crippen LogP contribution in [0.3, 0.4) is 0 Å². The average molecular weight is 238 g/mol. The number of hydrogen-bond donors (Lipinski definition) is 0. The smallest absolute Gasteiger partial charge is 0.306 e. The monoisotopic (exact) mass is 238 g/mol. The summed E-state index contributed by atoms with van der Waals surface area (Å²) in [5, 5.41) is 0. The number of rotatable bonds is 3. The topological polar surface area (TPSA) is 26.3 Å². The van der Waals surface area contributed by atoms with Crippen LogP contribution in [0.4, 0.5) is 0 Å². The zero-order valence-electron chi connectivity index (χ0n) is 11.9. The van der Waals surface area contributed by atoms with E-state index in [2.05, 4.69) is 34.6 Å². The number of fused-ring (bicyclic) bond motifs is 2. The van der Waals surface area contributed by atoms with Gasteiger partial charge in [0.25, 0.3) is 0 Å². The quantitative estimate of drug-likeness (QED) is 0.699. The molecule has 2 nitrogen and oxygen atoms in total. The number of esters is 1. The fourth-order valence-electron chi connectivity index (χ4n) is 3.93. The molecule has 0 N–H and O–H groups in total. The number of ether oxygens (including phenoxy) is 1. The molecule has 3 unspecified atom stereocenters. The van der Waals surface area contributed by atoms with Crippen LogP contribution < -0.4 is 0 Å². The first-order valence-corrected chi connectivity index (χ1v) is 7.01. The molecule has 98 valence electrons. The maximum Gasteiger partial charge on any atom is 0.306 e. The van der Waals surface area contributed by atoms with Crippen LogP contribution in [0, 0.1) is 23.2 Å². The van der Waals surface area contributed by atoms with Gasteiger partial charge in [-0.2, -0.15) is 0 Å². The van der Waals surface area contributed by atoms with Crippen molar-refractivity contribution in [2.75, 3.05) is 0 Å². The third-order valence-electron chi connectivity index (χ3n) is 5.28. The summed E-state index contributed by atoms with van der Waals surface area (Å²) in [6, 6.07) is 0. The van der Waals surface area contributed by atoms with E-state index in [4.69, 9.17) is 4.74 Å². The van der Waals surface area contributed by atoms with Crippen molar-refractivity contribution in [1.82, 2.24) is 0 Å². The minimum atomic E-state index is -0.165. The van der Waals surface area contributed by atoms with E-state index in [-0.39, 0.29) is 17.0 Å². The van der Waals surface area contributed by atoms with Crippen molar-refractivity contribution in [1.29, 1.82) is 0 Å². The molecule has 0 aliphatic heterocycles. The van der Waals surface area contributed by atoms with E-state index in [0.717, 1.165) is 12.3 Å². The molecule has 3 atom stereocenters. The van der Waals surface area contributed by atoms with E-state index in [0.29, 0.717) is 18.3 Å². The zero-order chi connectivity index (χ0) is 12.8. The van der Waals surface area contributed by atoms with E-state index >= 15 is 0 Å². The molecule has 3 fully saturated rings. The van der Waals surface area contributed by atoms with Crippen molar-refractivity contribution >= 4 is 5.97 Å². The molecule has 0 aromatic carbocycles. The number of carbonyl (C=O) groups excluding carboxylic acids is 1. The highest BCUT2D eigenvalue weighted by molar-refractivity contribution is 5.70. The molecular formula is C15H26O2. The Hall–Kier alpha value is -0.530. The van der Waals surface area contributed by atoms with Gasteiger partial charge in [0, 0.05) is 11.8 Å². The van der Waals surface area contributed by atoms with E-state index in [1.54, 1.807) is 0 Å². The van der Waals surface area contributed by atoms with Gasteiger partial charge in [0.05, 0.1) is 0 Å². The highest BCUT2D eigenvalue weighted by Gasteiger charge is 2.67. The molecule has 3 aliphatic carbocycles. The lowest BCUT2D eigenvalue weighted by atomic mass is 9.42. The lowest BCUT2D eigenvalue weighted by Crippen LogP contribution is -2.68. The maximum absolute atomic E-state index is 12.0. The minimum absolute atomic E-state index is 0.000255. The second-order valence-corrected chi connectivity index (χ2v) is 7.06. The summed E-state index contributed by atoms with van der Waals surface area (Å²) in [5.41, 5.74) is 0.0131. The van der Waals surface area contributed by atoms with Crippen LogP contribution in [0.15, 0.2) is 0 Å². The van der Waals surface area contributed by atoms with Crippen LogP contribution in [0.5, 0.6) is 0 Å². The van der Waals surface area contributed by atoms with Crippen LogP contribution >= 0.6 is 0 Å². The molecular weight excluding hydrogens is 212 g/mol. The van der Waals surface area contributed by atoms with Gasteiger partial charge in [0.15, 0.2) is 0 Å². The van der Waals surface area contributed by atoms with Gasteiger partial charge in [0.1, 0.15) is 5.60 Å². The Morgan fingerprint density at radius 2 is 2.00 bits per heavy atom. The molecule has 3 aliphatic rings. The van der Waals surface area contributed by atoms with Crippen molar-refractivity contribution in [2.45, 2.75) is 65.9 Å². The predicted molar refractivity (Wildman–Crippen MR) is 68.6 cm³/mol. The molecule has 2 heteroatoms. The first kappa shape index (κ1) is 12.9. The van der Waals surface area contributed by atoms with Crippen molar-refractivity contribution in [3.05, 3.63) is 0 Å². The van der Waals surface area contributed by atoms with Crippen LogP contribution in [-0.2, 0) is 9.53 Å². The Morgan fingerprint density at radius 3 is 2.47 bits per heavy atom. The molecule has 0 aromatic heterocycles. The van der Waals surface area contributed by atoms with Crippen molar-refractivity contribution < 1.29 is 9.53 Å².